The number of carbonyl (C=O) groups excluding carboxylic acids is 1. The molecule has 0 saturated heterocycles. The summed E-state index contributed by atoms with van der Waals surface area (Å²) < 4.78 is 12.1. The van der Waals surface area contributed by atoms with Gasteiger partial charge in [-0.25, -0.2) is 9.78 Å². The molecule has 0 aliphatic carbocycles. The highest BCUT2D eigenvalue weighted by atomic mass is 16.6. The standard InChI is InChI=1S/C28H26N4O5/c1-3-28(35)21-11-23-25-19(13-32(23)26(33)20(21)14-37-27(28)34)24(18-10-16(29)6-9-22(18)31-25)30-12-15-4-7-17(36-2)8-5-15/h4-11,35H,3,12-14,29H2,1-2H3,(H,30,31). The Morgan fingerprint density at radius 1 is 1.16 bits per heavy atom. The van der Waals surface area contributed by atoms with Crippen molar-refractivity contribution in [1.29, 1.82) is 0 Å². The van der Waals surface area contributed by atoms with Gasteiger partial charge in [-0.1, -0.05) is 19.1 Å². The van der Waals surface area contributed by atoms with Crippen LogP contribution in [-0.2, 0) is 34.8 Å². The van der Waals surface area contributed by atoms with E-state index in [2.05, 4.69) is 5.32 Å². The number of pyridine rings is 2. The minimum atomic E-state index is -1.87. The Labute approximate surface area is 212 Å². The Bertz CT molecular complexity index is 1640. The molecular weight excluding hydrogens is 472 g/mol. The zero-order chi connectivity index (χ0) is 25.9. The first kappa shape index (κ1) is 23.1. The molecule has 2 aliphatic rings. The molecule has 37 heavy (non-hydrogen) atoms. The molecule has 4 heterocycles. The number of aromatic nitrogens is 2. The fourth-order valence-corrected chi connectivity index (χ4v) is 5.23. The maximum atomic E-state index is 13.6. The van der Waals surface area contributed by atoms with Crippen molar-refractivity contribution in [2.24, 2.45) is 0 Å². The van der Waals surface area contributed by atoms with Crippen molar-refractivity contribution in [3.8, 4) is 17.1 Å². The number of rotatable bonds is 5. The van der Waals surface area contributed by atoms with Crippen molar-refractivity contribution < 1.29 is 19.4 Å². The van der Waals surface area contributed by atoms with Crippen LogP contribution in [0.1, 0.15) is 35.6 Å². The predicted octanol–water partition coefficient (Wildman–Crippen LogP) is 3.28. The molecule has 2 aromatic carbocycles. The topological polar surface area (TPSA) is 129 Å². The van der Waals surface area contributed by atoms with Crippen LogP contribution in [0.25, 0.3) is 22.3 Å². The van der Waals surface area contributed by atoms with Crippen molar-refractivity contribution in [2.75, 3.05) is 18.2 Å². The number of methoxy groups -OCH3 is 1. The first-order valence-corrected chi connectivity index (χ1v) is 12.1. The Morgan fingerprint density at radius 2 is 1.95 bits per heavy atom. The lowest BCUT2D eigenvalue weighted by molar-refractivity contribution is -0.172. The predicted molar refractivity (Wildman–Crippen MR) is 139 cm³/mol. The van der Waals surface area contributed by atoms with E-state index >= 15 is 0 Å². The molecule has 0 amide bonds. The van der Waals surface area contributed by atoms with Crippen LogP contribution in [0.2, 0.25) is 0 Å². The third-order valence-electron chi connectivity index (χ3n) is 7.34. The van der Waals surface area contributed by atoms with Gasteiger partial charge in [-0.05, 0) is 48.4 Å². The highest BCUT2D eigenvalue weighted by Gasteiger charge is 2.45. The first-order chi connectivity index (χ1) is 17.8. The molecule has 9 nitrogen and oxygen atoms in total. The zero-order valence-electron chi connectivity index (χ0n) is 20.5. The summed E-state index contributed by atoms with van der Waals surface area (Å²) in [6, 6.07) is 15.0. The quantitative estimate of drug-likeness (QED) is 0.249. The van der Waals surface area contributed by atoms with Crippen LogP contribution in [0.4, 0.5) is 11.4 Å². The second-order valence-corrected chi connectivity index (χ2v) is 9.40. The third kappa shape index (κ3) is 3.46. The van der Waals surface area contributed by atoms with Gasteiger partial charge in [0.1, 0.15) is 12.4 Å². The Kier molecular flexibility index (Phi) is 5.20. The Morgan fingerprint density at radius 3 is 2.68 bits per heavy atom. The number of nitrogens with one attached hydrogen (secondary N) is 1. The Hall–Kier alpha value is -4.37. The van der Waals surface area contributed by atoms with E-state index in [-0.39, 0.29) is 25.1 Å². The van der Waals surface area contributed by atoms with Crippen LogP contribution in [0.5, 0.6) is 5.75 Å². The van der Waals surface area contributed by atoms with Gasteiger partial charge in [-0.3, -0.25) is 4.79 Å². The molecule has 0 spiro atoms. The molecular formula is C28H26N4O5. The van der Waals surface area contributed by atoms with Gasteiger partial charge in [0, 0.05) is 28.7 Å². The average Bonchev–Trinajstić information content (AvgIpc) is 3.28. The summed E-state index contributed by atoms with van der Waals surface area (Å²) in [7, 11) is 1.63. The van der Waals surface area contributed by atoms with Crippen LogP contribution in [0.15, 0.2) is 53.3 Å². The molecule has 4 aromatic rings. The van der Waals surface area contributed by atoms with Gasteiger partial charge < -0.3 is 30.2 Å². The normalized spacial score (nSPS) is 17.6. The summed E-state index contributed by atoms with van der Waals surface area (Å²) in [5, 5.41) is 15.5. The number of hydrogen-bond acceptors (Lipinski definition) is 8. The molecule has 2 aromatic heterocycles. The number of nitrogens with two attached hydrogens (primary N) is 1. The number of carbonyl (C=O) groups is 1. The van der Waals surface area contributed by atoms with Crippen LogP contribution >= 0.6 is 0 Å². The molecule has 1 atom stereocenters. The highest BCUT2D eigenvalue weighted by molar-refractivity contribution is 5.98. The van der Waals surface area contributed by atoms with Gasteiger partial charge >= 0.3 is 5.97 Å². The summed E-state index contributed by atoms with van der Waals surface area (Å²) in [6.45, 7) is 2.34. The summed E-state index contributed by atoms with van der Waals surface area (Å²) in [5.41, 5.74) is 9.80. The molecule has 6 rings (SSSR count). The number of hydrogen-bond donors (Lipinski definition) is 3. The van der Waals surface area contributed by atoms with E-state index in [0.717, 1.165) is 28.0 Å². The number of nitrogen functional groups attached to an aromatic ring is 1. The van der Waals surface area contributed by atoms with Gasteiger partial charge in [-0.2, -0.15) is 0 Å². The number of benzene rings is 2. The van der Waals surface area contributed by atoms with Crippen molar-refractivity contribution >= 4 is 28.2 Å². The zero-order valence-corrected chi connectivity index (χ0v) is 20.5. The Balaban J connectivity index is 1.52. The van der Waals surface area contributed by atoms with Gasteiger partial charge in [0.15, 0.2) is 5.60 Å². The van der Waals surface area contributed by atoms with E-state index < -0.39 is 11.6 Å². The number of anilines is 2. The molecule has 9 heteroatoms. The summed E-state index contributed by atoms with van der Waals surface area (Å²) >= 11 is 0. The van der Waals surface area contributed by atoms with Crippen molar-refractivity contribution in [2.45, 2.75) is 38.6 Å². The smallest absolute Gasteiger partial charge is 0.343 e. The number of cyclic esters (lactones) is 1. The summed E-state index contributed by atoms with van der Waals surface area (Å²) in [5.74, 6) is 0.0360. The maximum absolute atomic E-state index is 13.6. The monoisotopic (exact) mass is 498 g/mol. The van der Waals surface area contributed by atoms with E-state index in [9.17, 15) is 14.7 Å². The highest BCUT2D eigenvalue weighted by Crippen LogP contribution is 2.42. The SMILES string of the molecule is CCC1(O)C(=O)OCc2c1cc1n(c2=O)Cc2c-1nc1ccc(N)cc1c2NCc1ccc(OC)cc1. The maximum Gasteiger partial charge on any atom is 0.343 e. The number of aliphatic hydroxyl groups is 1. The molecule has 0 fully saturated rings. The van der Waals surface area contributed by atoms with E-state index in [1.165, 1.54) is 0 Å². The van der Waals surface area contributed by atoms with Crippen molar-refractivity contribution in [3.63, 3.8) is 0 Å². The molecule has 188 valence electrons. The van der Waals surface area contributed by atoms with E-state index in [4.69, 9.17) is 20.2 Å². The molecule has 1 unspecified atom stereocenters. The van der Waals surface area contributed by atoms with E-state index in [1.54, 1.807) is 30.7 Å². The van der Waals surface area contributed by atoms with Gasteiger partial charge in [0.25, 0.3) is 5.56 Å². The fourth-order valence-electron chi connectivity index (χ4n) is 5.23. The summed E-state index contributed by atoms with van der Waals surface area (Å²) in [6.07, 6.45) is 0.0909. The molecule has 4 N–H and O–H groups in total. The number of esters is 1. The number of nitrogens with zero attached hydrogens (tertiary/aromatic N) is 2. The van der Waals surface area contributed by atoms with Gasteiger partial charge in [-0.15, -0.1) is 0 Å². The lowest BCUT2D eigenvalue weighted by atomic mass is 9.86. The molecule has 0 bridgehead atoms. The summed E-state index contributed by atoms with van der Waals surface area (Å²) in [4.78, 5) is 30.9. The largest absolute Gasteiger partial charge is 0.497 e. The first-order valence-electron chi connectivity index (χ1n) is 12.1. The molecule has 0 radical (unpaired) electrons. The van der Waals surface area contributed by atoms with Crippen LogP contribution in [0.3, 0.4) is 0 Å². The average molecular weight is 499 g/mol. The van der Waals surface area contributed by atoms with Gasteiger partial charge in [0.05, 0.1) is 41.8 Å². The second-order valence-electron chi connectivity index (χ2n) is 9.40. The lowest BCUT2D eigenvalue weighted by Gasteiger charge is -2.31. The third-order valence-corrected chi connectivity index (χ3v) is 7.34. The van der Waals surface area contributed by atoms with Crippen LogP contribution in [0, 0.1) is 0 Å². The minimum Gasteiger partial charge on any atom is -0.497 e. The number of ether oxygens (including phenoxy) is 2. The molecule has 2 aliphatic heterocycles. The lowest BCUT2D eigenvalue weighted by Crippen LogP contribution is -2.44. The second kappa shape index (κ2) is 8.35. The fraction of sp³-hybridized carbons (Fsp3) is 0.250. The number of fused-ring (bicyclic) bond motifs is 5. The van der Waals surface area contributed by atoms with Crippen LogP contribution in [-0.4, -0.2) is 27.7 Å². The van der Waals surface area contributed by atoms with Crippen molar-refractivity contribution in [3.05, 3.63) is 81.1 Å². The molecule has 0 saturated carbocycles. The van der Waals surface area contributed by atoms with Crippen LogP contribution < -0.4 is 21.3 Å². The van der Waals surface area contributed by atoms with Gasteiger partial charge in [0.2, 0.25) is 0 Å². The minimum absolute atomic E-state index is 0.0909. The van der Waals surface area contributed by atoms with E-state index in [1.807, 2.05) is 36.4 Å². The van der Waals surface area contributed by atoms with E-state index in [0.29, 0.717) is 40.3 Å². The van der Waals surface area contributed by atoms with Crippen molar-refractivity contribution in [1.82, 2.24) is 9.55 Å².